The lowest BCUT2D eigenvalue weighted by Crippen LogP contribution is -2.34. The van der Waals surface area contributed by atoms with Crippen LogP contribution in [-0.2, 0) is 32.8 Å². The quantitative estimate of drug-likeness (QED) is 0.285. The van der Waals surface area contributed by atoms with Crippen molar-refractivity contribution < 1.29 is 43.0 Å². The molecule has 14 heteroatoms. The van der Waals surface area contributed by atoms with Gasteiger partial charge < -0.3 is 32.8 Å². The Hall–Kier alpha value is -1.45. The number of rotatable bonds is 8. The second-order valence-electron chi connectivity index (χ2n) is 6.61. The normalized spacial score (nSPS) is 42.7. The molecular weight excluding hydrogens is 392 g/mol. The first-order valence-corrected chi connectivity index (χ1v) is 9.20. The molecule has 4 rings (SSSR count). The summed E-state index contributed by atoms with van der Waals surface area (Å²) in [6.45, 7) is 1.21. The van der Waals surface area contributed by atoms with Crippen LogP contribution in [0.5, 0.6) is 0 Å². The fourth-order valence-corrected chi connectivity index (χ4v) is 4.72. The van der Waals surface area contributed by atoms with Crippen LogP contribution in [0.25, 0.3) is 0 Å². The summed E-state index contributed by atoms with van der Waals surface area (Å²) in [6.07, 6.45) is -3.08. The maximum atomic E-state index is 10.5. The molecular formula is C13H18N2O11S. The lowest BCUT2D eigenvalue weighted by Gasteiger charge is -2.18. The maximum absolute atomic E-state index is 10.5. The van der Waals surface area contributed by atoms with Gasteiger partial charge in [0.1, 0.15) is 18.3 Å². The van der Waals surface area contributed by atoms with Gasteiger partial charge in [-0.2, -0.15) is 0 Å². The highest BCUT2D eigenvalue weighted by atomic mass is 32.2. The number of ether oxygens (including phenoxy) is 4. The van der Waals surface area contributed by atoms with Crippen LogP contribution in [0.3, 0.4) is 0 Å². The minimum Gasteiger partial charge on any atom is -0.373 e. The smallest absolute Gasteiger partial charge is 0.294 e. The first kappa shape index (κ1) is 18.9. The van der Waals surface area contributed by atoms with Crippen molar-refractivity contribution in [1.82, 2.24) is 0 Å². The monoisotopic (exact) mass is 410 g/mol. The van der Waals surface area contributed by atoms with E-state index in [9.17, 15) is 20.2 Å². The average Bonchev–Trinajstić information content (AvgIpc) is 3.33. The zero-order valence-electron chi connectivity index (χ0n) is 13.9. The molecule has 0 saturated carbocycles. The van der Waals surface area contributed by atoms with Gasteiger partial charge in [-0.25, -0.2) is 0 Å². The summed E-state index contributed by atoms with van der Waals surface area (Å²) < 4.78 is 28.0. The van der Waals surface area contributed by atoms with Gasteiger partial charge in [0.25, 0.3) is 10.2 Å². The van der Waals surface area contributed by atoms with E-state index < -0.39 is 34.6 Å². The van der Waals surface area contributed by atoms with Crippen molar-refractivity contribution in [3.05, 3.63) is 20.2 Å². The van der Waals surface area contributed by atoms with Gasteiger partial charge in [0, 0.05) is 5.92 Å². The van der Waals surface area contributed by atoms with Crippen molar-refractivity contribution in [2.24, 2.45) is 5.92 Å². The Morgan fingerprint density at radius 3 is 2.04 bits per heavy atom. The van der Waals surface area contributed by atoms with Gasteiger partial charge >= 0.3 is 0 Å². The van der Waals surface area contributed by atoms with Crippen molar-refractivity contribution in [3.8, 4) is 0 Å². The largest absolute Gasteiger partial charge is 0.373 e. The number of fused-ring (bicyclic) bond motifs is 2. The second-order valence-corrected chi connectivity index (χ2v) is 7.64. The van der Waals surface area contributed by atoms with Gasteiger partial charge in [-0.05, 0) is 12.0 Å². The molecule has 27 heavy (non-hydrogen) atoms. The molecule has 13 nitrogen and oxygen atoms in total. The van der Waals surface area contributed by atoms with Gasteiger partial charge in [-0.15, -0.1) is 20.2 Å². The molecule has 4 fully saturated rings. The summed E-state index contributed by atoms with van der Waals surface area (Å²) in [6, 6.07) is 0. The summed E-state index contributed by atoms with van der Waals surface area (Å²) in [5, 5.41) is 19.2. The van der Waals surface area contributed by atoms with Crippen LogP contribution < -0.4 is 0 Å². The van der Waals surface area contributed by atoms with E-state index in [0.717, 1.165) is 0 Å². The van der Waals surface area contributed by atoms with Gasteiger partial charge in [0.2, 0.25) is 0 Å². The fraction of sp³-hybridized carbons (Fsp3) is 1.00. The highest BCUT2D eigenvalue weighted by Gasteiger charge is 2.51. The predicted octanol–water partition coefficient (Wildman–Crippen LogP) is -0.615. The second kappa shape index (κ2) is 7.89. The third kappa shape index (κ3) is 3.90. The van der Waals surface area contributed by atoms with Gasteiger partial charge in [0.15, 0.2) is 12.2 Å². The summed E-state index contributed by atoms with van der Waals surface area (Å²) >= 11 is 1.19. The van der Waals surface area contributed by atoms with Crippen LogP contribution in [-0.4, -0.2) is 85.1 Å². The SMILES string of the molecule is O=[N+]([O-])O[C@@H]1COC2C(COSC3COC4C3OC[C@H]4O[N+](=O)[O-])COC21. The van der Waals surface area contributed by atoms with E-state index in [2.05, 4.69) is 9.68 Å². The molecule has 6 unspecified atom stereocenters. The number of hydrogen-bond donors (Lipinski definition) is 0. The van der Waals surface area contributed by atoms with Crippen molar-refractivity contribution in [2.45, 2.75) is 41.9 Å². The van der Waals surface area contributed by atoms with Crippen LogP contribution in [0.15, 0.2) is 0 Å². The molecule has 0 radical (unpaired) electrons. The molecule has 0 N–H and O–H groups in total. The molecule has 4 aliphatic rings. The molecule has 4 heterocycles. The minimum absolute atomic E-state index is 0.0731. The van der Waals surface area contributed by atoms with Crippen molar-refractivity contribution in [3.63, 3.8) is 0 Å². The number of nitrogens with zero attached hydrogens (tertiary/aromatic N) is 2. The first-order chi connectivity index (χ1) is 13.0. The Kier molecular flexibility index (Phi) is 5.52. The summed E-state index contributed by atoms with van der Waals surface area (Å²) in [5.41, 5.74) is 0. The zero-order valence-corrected chi connectivity index (χ0v) is 14.8. The van der Waals surface area contributed by atoms with Crippen LogP contribution in [0.4, 0.5) is 0 Å². The fourth-order valence-electron chi connectivity index (χ4n) is 3.81. The molecule has 0 amide bonds. The van der Waals surface area contributed by atoms with Gasteiger partial charge in [-0.3, -0.25) is 0 Å². The highest BCUT2D eigenvalue weighted by molar-refractivity contribution is 7.95. The molecule has 152 valence electrons. The molecule has 0 aliphatic carbocycles. The predicted molar refractivity (Wildman–Crippen MR) is 83.5 cm³/mol. The molecule has 0 spiro atoms. The van der Waals surface area contributed by atoms with Gasteiger partial charge in [-0.1, -0.05) is 0 Å². The first-order valence-electron chi connectivity index (χ1n) is 8.40. The summed E-state index contributed by atoms with van der Waals surface area (Å²) in [7, 11) is 0. The summed E-state index contributed by atoms with van der Waals surface area (Å²) in [5.74, 6) is -0.0731. The van der Waals surface area contributed by atoms with Crippen LogP contribution in [0.1, 0.15) is 0 Å². The van der Waals surface area contributed by atoms with E-state index >= 15 is 0 Å². The minimum atomic E-state index is -0.843. The molecule has 4 saturated heterocycles. The zero-order chi connectivity index (χ0) is 19.0. The molecule has 0 aromatic heterocycles. The van der Waals surface area contributed by atoms with Crippen molar-refractivity contribution >= 4 is 12.0 Å². The standard InChI is InChI=1S/C13H18N2O11S/c16-14(17)25-7-3-21-10-6(1-20-11(7)10)2-24-27-9-5-23-12-8(26-15(18)19)4-22-13(9)12/h6-13H,1-5H2/t6?,7-,8-,9?,10?,11?,12?,13?/m1/s1. The van der Waals surface area contributed by atoms with E-state index in [0.29, 0.717) is 19.8 Å². The Bertz CT molecular complexity index is 534. The Morgan fingerprint density at radius 1 is 0.815 bits per heavy atom. The van der Waals surface area contributed by atoms with E-state index in [1.807, 2.05) is 0 Å². The molecule has 0 aromatic rings. The lowest BCUT2D eigenvalue weighted by molar-refractivity contribution is -0.769. The van der Waals surface area contributed by atoms with E-state index in [4.69, 9.17) is 23.1 Å². The number of hydrogen-bond acceptors (Lipinski definition) is 12. The van der Waals surface area contributed by atoms with Crippen molar-refractivity contribution in [2.75, 3.05) is 33.0 Å². The van der Waals surface area contributed by atoms with E-state index in [-0.39, 0.29) is 36.6 Å². The Morgan fingerprint density at radius 2 is 1.37 bits per heavy atom. The molecule has 4 aliphatic heterocycles. The van der Waals surface area contributed by atoms with E-state index in [1.54, 1.807) is 0 Å². The Balaban J connectivity index is 1.21. The molecule has 0 bridgehead atoms. The van der Waals surface area contributed by atoms with Crippen LogP contribution >= 0.6 is 12.0 Å². The molecule has 0 aromatic carbocycles. The van der Waals surface area contributed by atoms with Gasteiger partial charge in [0.05, 0.1) is 44.4 Å². The topological polar surface area (TPSA) is 151 Å². The van der Waals surface area contributed by atoms with Crippen LogP contribution in [0.2, 0.25) is 0 Å². The third-order valence-corrected chi connectivity index (χ3v) is 5.91. The molecule has 8 atom stereocenters. The van der Waals surface area contributed by atoms with Crippen molar-refractivity contribution in [1.29, 1.82) is 0 Å². The average molecular weight is 410 g/mol. The highest BCUT2D eigenvalue weighted by Crippen LogP contribution is 2.37. The third-order valence-electron chi connectivity index (χ3n) is 4.99. The lowest BCUT2D eigenvalue weighted by atomic mass is 10.0. The van der Waals surface area contributed by atoms with Crippen LogP contribution in [0, 0.1) is 26.1 Å². The Labute approximate surface area is 156 Å². The van der Waals surface area contributed by atoms with E-state index in [1.165, 1.54) is 12.0 Å². The summed E-state index contributed by atoms with van der Waals surface area (Å²) in [4.78, 5) is 30.1. The maximum Gasteiger partial charge on any atom is 0.294 e.